The van der Waals surface area contributed by atoms with Crippen LogP contribution in [0.4, 0.5) is 16.2 Å². The highest BCUT2D eigenvalue weighted by Crippen LogP contribution is 2.60. The fraction of sp³-hybridized carbons (Fsp3) is 0.370. The van der Waals surface area contributed by atoms with Gasteiger partial charge >= 0.3 is 6.03 Å². The molecule has 4 aliphatic carbocycles. The van der Waals surface area contributed by atoms with Gasteiger partial charge in [0.15, 0.2) is 0 Å². The summed E-state index contributed by atoms with van der Waals surface area (Å²) in [6, 6.07) is 10.4. The van der Waals surface area contributed by atoms with Gasteiger partial charge in [-0.1, -0.05) is 23.7 Å². The van der Waals surface area contributed by atoms with Crippen molar-refractivity contribution in [2.45, 2.75) is 43.9 Å². The van der Waals surface area contributed by atoms with E-state index in [2.05, 4.69) is 5.32 Å². The number of nitrogens with zero attached hydrogens (tertiary/aromatic N) is 2. The van der Waals surface area contributed by atoms with Gasteiger partial charge < -0.3 is 0 Å². The summed E-state index contributed by atoms with van der Waals surface area (Å²) >= 11 is 6.15. The molecule has 0 spiro atoms. The van der Waals surface area contributed by atoms with Crippen LogP contribution in [0.25, 0.3) is 6.08 Å². The second kappa shape index (κ2) is 8.27. The lowest BCUT2D eigenvalue weighted by Gasteiger charge is -2.57. The molecule has 4 bridgehead atoms. The number of benzene rings is 2. The quantitative estimate of drug-likeness (QED) is 0.259. The molecule has 1 saturated heterocycles. The minimum Gasteiger partial charge on any atom is -0.273 e. The average molecular weight is 506 g/mol. The fourth-order valence-corrected chi connectivity index (χ4v) is 7.40. The predicted molar refractivity (Wildman–Crippen MR) is 133 cm³/mol. The third-order valence-corrected chi connectivity index (χ3v) is 8.71. The number of halogens is 1. The summed E-state index contributed by atoms with van der Waals surface area (Å²) in [5.41, 5.74) is 1.36. The molecule has 184 valence electrons. The summed E-state index contributed by atoms with van der Waals surface area (Å²) in [6.45, 7) is 0. The Hall–Kier alpha value is -3.52. The van der Waals surface area contributed by atoms with Crippen molar-refractivity contribution in [1.29, 1.82) is 0 Å². The van der Waals surface area contributed by atoms with E-state index < -0.39 is 22.8 Å². The maximum Gasteiger partial charge on any atom is 0.335 e. The van der Waals surface area contributed by atoms with Crippen LogP contribution in [0, 0.1) is 27.9 Å². The highest BCUT2D eigenvalue weighted by Gasteiger charge is 2.51. The maximum atomic E-state index is 13.3. The largest absolute Gasteiger partial charge is 0.335 e. The van der Waals surface area contributed by atoms with Crippen LogP contribution in [-0.2, 0) is 15.0 Å². The number of nitrogens with one attached hydrogen (secondary N) is 1. The smallest absolute Gasteiger partial charge is 0.273 e. The highest BCUT2D eigenvalue weighted by molar-refractivity contribution is 6.40. The second-order valence-corrected chi connectivity index (χ2v) is 11.1. The van der Waals surface area contributed by atoms with Gasteiger partial charge in [0.05, 0.1) is 10.6 Å². The summed E-state index contributed by atoms with van der Waals surface area (Å²) in [7, 11) is 0. The van der Waals surface area contributed by atoms with Crippen molar-refractivity contribution in [1.82, 2.24) is 5.32 Å². The van der Waals surface area contributed by atoms with Gasteiger partial charge in [-0.05, 0) is 91.5 Å². The van der Waals surface area contributed by atoms with Crippen LogP contribution in [0.15, 0.2) is 48.0 Å². The van der Waals surface area contributed by atoms with Crippen molar-refractivity contribution in [2.75, 3.05) is 4.90 Å². The zero-order chi connectivity index (χ0) is 25.2. The number of barbiturate groups is 1. The fourth-order valence-electron chi connectivity index (χ4n) is 7.23. The Morgan fingerprint density at radius 3 is 2.17 bits per heavy atom. The topological polar surface area (TPSA) is 110 Å². The van der Waals surface area contributed by atoms with E-state index >= 15 is 0 Å². The predicted octanol–water partition coefficient (Wildman–Crippen LogP) is 5.38. The van der Waals surface area contributed by atoms with Crippen LogP contribution in [-0.4, -0.2) is 22.8 Å². The number of hydrogen-bond donors (Lipinski definition) is 1. The molecule has 5 fully saturated rings. The van der Waals surface area contributed by atoms with Gasteiger partial charge in [-0.25, -0.2) is 9.69 Å². The molecule has 1 N–H and O–H groups in total. The zero-order valence-electron chi connectivity index (χ0n) is 19.4. The van der Waals surface area contributed by atoms with Crippen molar-refractivity contribution < 1.29 is 19.3 Å². The van der Waals surface area contributed by atoms with Crippen LogP contribution in [0.2, 0.25) is 5.02 Å². The first-order valence-electron chi connectivity index (χ1n) is 12.2. The molecular formula is C27H24ClN3O5. The molecule has 1 aliphatic heterocycles. The number of carbonyl (C=O) groups is 3. The Morgan fingerprint density at radius 1 is 0.972 bits per heavy atom. The van der Waals surface area contributed by atoms with E-state index in [1.165, 1.54) is 68.4 Å². The van der Waals surface area contributed by atoms with Crippen LogP contribution in [0.5, 0.6) is 0 Å². The Morgan fingerprint density at radius 2 is 1.58 bits per heavy atom. The normalized spacial score (nSPS) is 30.1. The van der Waals surface area contributed by atoms with E-state index in [1.807, 2.05) is 12.1 Å². The molecule has 4 saturated carbocycles. The van der Waals surface area contributed by atoms with Crippen molar-refractivity contribution in [3.05, 3.63) is 74.3 Å². The van der Waals surface area contributed by atoms with Crippen molar-refractivity contribution >= 4 is 46.9 Å². The second-order valence-electron chi connectivity index (χ2n) is 10.7. The first-order chi connectivity index (χ1) is 17.2. The van der Waals surface area contributed by atoms with E-state index in [0.29, 0.717) is 5.69 Å². The molecule has 1 heterocycles. The van der Waals surface area contributed by atoms with E-state index in [9.17, 15) is 24.5 Å². The molecule has 2 aromatic carbocycles. The van der Waals surface area contributed by atoms with Gasteiger partial charge in [0, 0.05) is 22.7 Å². The first kappa shape index (κ1) is 22.9. The molecule has 5 aliphatic rings. The lowest BCUT2D eigenvalue weighted by atomic mass is 9.48. The summed E-state index contributed by atoms with van der Waals surface area (Å²) < 4.78 is 0. The zero-order valence-corrected chi connectivity index (χ0v) is 20.2. The van der Waals surface area contributed by atoms with E-state index in [0.717, 1.165) is 22.7 Å². The minimum absolute atomic E-state index is 0.135. The molecule has 0 atom stereocenters. The summed E-state index contributed by atoms with van der Waals surface area (Å²) in [4.78, 5) is 49.9. The molecule has 2 aromatic rings. The summed E-state index contributed by atoms with van der Waals surface area (Å²) in [5, 5.41) is 13.5. The number of carbonyl (C=O) groups excluding carboxylic acids is 3. The Labute approximate surface area is 212 Å². The van der Waals surface area contributed by atoms with Crippen LogP contribution in [0.1, 0.15) is 49.7 Å². The maximum absolute atomic E-state index is 13.3. The number of imide groups is 2. The lowest BCUT2D eigenvalue weighted by Crippen LogP contribution is -2.54. The highest BCUT2D eigenvalue weighted by atomic mass is 35.5. The number of amides is 4. The Bertz CT molecular complexity index is 1310. The van der Waals surface area contributed by atoms with Gasteiger partial charge in [-0.2, -0.15) is 0 Å². The van der Waals surface area contributed by atoms with Gasteiger partial charge in [0.2, 0.25) is 0 Å². The van der Waals surface area contributed by atoms with E-state index in [-0.39, 0.29) is 27.3 Å². The molecule has 0 aromatic heterocycles. The molecule has 8 nitrogen and oxygen atoms in total. The van der Waals surface area contributed by atoms with Crippen LogP contribution in [0.3, 0.4) is 0 Å². The van der Waals surface area contributed by atoms with Gasteiger partial charge in [0.25, 0.3) is 17.5 Å². The Kier molecular flexibility index (Phi) is 5.26. The van der Waals surface area contributed by atoms with Gasteiger partial charge in [0.1, 0.15) is 5.57 Å². The number of nitro groups is 1. The SMILES string of the molecule is O=C1NC(=O)N(c2ccc(C34CC5CC(CC(C5)C3)C4)cc2)C(=O)/C1=C/c1cc([N+](=O)[O-])ccc1Cl. The van der Waals surface area contributed by atoms with E-state index in [4.69, 9.17) is 11.6 Å². The van der Waals surface area contributed by atoms with E-state index in [1.54, 1.807) is 12.1 Å². The first-order valence-corrected chi connectivity index (χ1v) is 12.6. The number of nitro benzene ring substituents is 1. The van der Waals surface area contributed by atoms with Crippen molar-refractivity contribution in [2.24, 2.45) is 17.8 Å². The van der Waals surface area contributed by atoms with Crippen LogP contribution < -0.4 is 10.2 Å². The molecular weight excluding hydrogens is 482 g/mol. The third kappa shape index (κ3) is 3.71. The lowest BCUT2D eigenvalue weighted by molar-refractivity contribution is -0.384. The number of urea groups is 1. The number of hydrogen-bond acceptors (Lipinski definition) is 5. The van der Waals surface area contributed by atoms with Gasteiger partial charge in [-0.15, -0.1) is 0 Å². The number of anilines is 1. The Balaban J connectivity index is 1.31. The number of non-ortho nitro benzene ring substituents is 1. The standard InChI is InChI=1S/C27H24ClN3O5/c28-23-6-5-21(31(35)36)10-18(23)11-22-24(32)29-26(34)30(25(22)33)20-3-1-19(2-4-20)27-12-15-7-16(13-27)9-17(8-15)14-27/h1-6,10-11,15-17H,7-9,12-14H2,(H,29,32,34)/b22-11+. The summed E-state index contributed by atoms with van der Waals surface area (Å²) in [6.07, 6.45) is 8.81. The molecule has 9 heteroatoms. The molecule has 0 unspecified atom stereocenters. The molecule has 4 amide bonds. The van der Waals surface area contributed by atoms with Crippen molar-refractivity contribution in [3.8, 4) is 0 Å². The minimum atomic E-state index is -0.881. The average Bonchev–Trinajstić information content (AvgIpc) is 2.82. The molecule has 7 rings (SSSR count). The molecule has 0 radical (unpaired) electrons. The van der Waals surface area contributed by atoms with Gasteiger partial charge in [-0.3, -0.25) is 25.0 Å². The third-order valence-electron chi connectivity index (χ3n) is 8.37. The number of rotatable bonds is 4. The van der Waals surface area contributed by atoms with Crippen molar-refractivity contribution in [3.63, 3.8) is 0 Å². The van der Waals surface area contributed by atoms with Crippen LogP contribution >= 0.6 is 11.6 Å². The summed E-state index contributed by atoms with van der Waals surface area (Å²) in [5.74, 6) is 0.696. The molecule has 36 heavy (non-hydrogen) atoms. The monoisotopic (exact) mass is 505 g/mol.